The first-order valence-corrected chi connectivity index (χ1v) is 5.26. The minimum atomic E-state index is -0.347. The SMILES string of the molecule is CC(C)(N)C1=Cc2c(F)cccc2CC1. The Hall–Kier alpha value is -1.15. The number of benzene rings is 1. The van der Waals surface area contributed by atoms with Gasteiger partial charge in [0.15, 0.2) is 0 Å². The van der Waals surface area contributed by atoms with E-state index in [1.165, 1.54) is 6.07 Å². The molecule has 0 aliphatic heterocycles. The topological polar surface area (TPSA) is 26.0 Å². The van der Waals surface area contributed by atoms with Gasteiger partial charge in [0.25, 0.3) is 0 Å². The summed E-state index contributed by atoms with van der Waals surface area (Å²) in [5.74, 6) is -0.144. The summed E-state index contributed by atoms with van der Waals surface area (Å²) < 4.78 is 13.5. The highest BCUT2D eigenvalue weighted by Gasteiger charge is 2.22. The number of hydrogen-bond donors (Lipinski definition) is 1. The van der Waals surface area contributed by atoms with Crippen LogP contribution >= 0.6 is 0 Å². The molecule has 0 bridgehead atoms. The number of aryl methyl sites for hydroxylation is 1. The Bertz CT molecular complexity index is 413. The Kier molecular flexibility index (Phi) is 2.39. The number of fused-ring (bicyclic) bond motifs is 1. The molecule has 1 aliphatic carbocycles. The summed E-state index contributed by atoms with van der Waals surface area (Å²) in [7, 11) is 0. The van der Waals surface area contributed by atoms with Crippen molar-refractivity contribution in [2.75, 3.05) is 0 Å². The van der Waals surface area contributed by atoms with Crippen LogP contribution in [-0.4, -0.2) is 5.54 Å². The average Bonchev–Trinajstić information content (AvgIpc) is 2.16. The third kappa shape index (κ3) is 1.95. The highest BCUT2D eigenvalue weighted by atomic mass is 19.1. The van der Waals surface area contributed by atoms with Gasteiger partial charge in [0.1, 0.15) is 5.82 Å². The molecular formula is C13H16FN. The van der Waals surface area contributed by atoms with Gasteiger partial charge in [-0.05, 0) is 43.9 Å². The van der Waals surface area contributed by atoms with Gasteiger partial charge in [0.05, 0.1) is 0 Å². The molecule has 2 rings (SSSR count). The lowest BCUT2D eigenvalue weighted by Gasteiger charge is -2.27. The first-order chi connectivity index (χ1) is 6.98. The van der Waals surface area contributed by atoms with Crippen LogP contribution in [0, 0.1) is 5.82 Å². The van der Waals surface area contributed by atoms with Crippen molar-refractivity contribution in [2.24, 2.45) is 5.73 Å². The second-order valence-electron chi connectivity index (χ2n) is 4.70. The van der Waals surface area contributed by atoms with Crippen molar-refractivity contribution >= 4 is 6.08 Å². The number of hydrogen-bond acceptors (Lipinski definition) is 1. The normalized spacial score (nSPS) is 15.9. The fourth-order valence-corrected chi connectivity index (χ4v) is 1.99. The molecule has 2 heteroatoms. The van der Waals surface area contributed by atoms with Gasteiger partial charge in [-0.2, -0.15) is 0 Å². The Labute approximate surface area is 89.8 Å². The lowest BCUT2D eigenvalue weighted by Crippen LogP contribution is -2.35. The van der Waals surface area contributed by atoms with Gasteiger partial charge in [-0.25, -0.2) is 4.39 Å². The zero-order valence-corrected chi connectivity index (χ0v) is 9.18. The second kappa shape index (κ2) is 3.46. The van der Waals surface area contributed by atoms with Crippen molar-refractivity contribution in [2.45, 2.75) is 32.2 Å². The lowest BCUT2D eigenvalue weighted by atomic mass is 9.83. The molecule has 0 atom stereocenters. The average molecular weight is 205 g/mol. The maximum Gasteiger partial charge on any atom is 0.130 e. The summed E-state index contributed by atoms with van der Waals surface area (Å²) >= 11 is 0. The Balaban J connectivity index is 2.49. The van der Waals surface area contributed by atoms with E-state index in [4.69, 9.17) is 5.73 Å². The van der Waals surface area contributed by atoms with E-state index in [-0.39, 0.29) is 11.4 Å². The molecule has 1 nitrogen and oxygen atoms in total. The predicted molar refractivity (Wildman–Crippen MR) is 61.0 cm³/mol. The third-order valence-corrected chi connectivity index (χ3v) is 2.95. The highest BCUT2D eigenvalue weighted by Crippen LogP contribution is 2.30. The largest absolute Gasteiger partial charge is 0.322 e. The van der Waals surface area contributed by atoms with Crippen LogP contribution in [0.3, 0.4) is 0 Å². The van der Waals surface area contributed by atoms with Gasteiger partial charge in [-0.3, -0.25) is 0 Å². The molecule has 0 unspecified atom stereocenters. The number of nitrogens with two attached hydrogens (primary N) is 1. The molecule has 0 aromatic heterocycles. The van der Waals surface area contributed by atoms with Crippen LogP contribution in [-0.2, 0) is 6.42 Å². The molecule has 1 aromatic rings. The second-order valence-corrected chi connectivity index (χ2v) is 4.70. The fraction of sp³-hybridized carbons (Fsp3) is 0.385. The van der Waals surface area contributed by atoms with E-state index in [9.17, 15) is 4.39 Å². The lowest BCUT2D eigenvalue weighted by molar-refractivity contribution is 0.577. The number of halogens is 1. The van der Waals surface area contributed by atoms with Gasteiger partial charge in [-0.1, -0.05) is 18.2 Å². The molecular weight excluding hydrogens is 189 g/mol. The summed E-state index contributed by atoms with van der Waals surface area (Å²) in [6.45, 7) is 3.93. The molecule has 1 aromatic carbocycles. The smallest absolute Gasteiger partial charge is 0.130 e. The summed E-state index contributed by atoms with van der Waals surface area (Å²) in [6, 6.07) is 5.25. The zero-order chi connectivity index (χ0) is 11.1. The molecule has 0 saturated heterocycles. The Morgan fingerprint density at radius 2 is 2.00 bits per heavy atom. The van der Waals surface area contributed by atoms with Crippen LogP contribution in [0.4, 0.5) is 4.39 Å². The quantitative estimate of drug-likeness (QED) is 0.749. The summed E-state index contributed by atoms with van der Waals surface area (Å²) in [6.07, 6.45) is 3.73. The molecule has 0 amide bonds. The van der Waals surface area contributed by atoms with E-state index in [2.05, 4.69) is 0 Å². The monoisotopic (exact) mass is 205 g/mol. The van der Waals surface area contributed by atoms with E-state index in [1.807, 2.05) is 26.0 Å². The summed E-state index contributed by atoms with van der Waals surface area (Å²) in [5.41, 5.74) is 8.61. The van der Waals surface area contributed by atoms with Gasteiger partial charge in [0.2, 0.25) is 0 Å². The van der Waals surface area contributed by atoms with Crippen LogP contribution in [0.2, 0.25) is 0 Å². The zero-order valence-electron chi connectivity index (χ0n) is 9.18. The van der Waals surface area contributed by atoms with E-state index < -0.39 is 0 Å². The first-order valence-electron chi connectivity index (χ1n) is 5.26. The molecule has 80 valence electrons. The minimum absolute atomic E-state index is 0.144. The van der Waals surface area contributed by atoms with Crippen molar-refractivity contribution in [1.82, 2.24) is 0 Å². The Morgan fingerprint density at radius 3 is 2.67 bits per heavy atom. The summed E-state index contributed by atoms with van der Waals surface area (Å²) in [5, 5.41) is 0. The van der Waals surface area contributed by atoms with Crippen LogP contribution in [0.25, 0.3) is 6.08 Å². The molecule has 0 saturated carbocycles. The molecule has 0 spiro atoms. The standard InChI is InChI=1S/C13H16FN/c1-13(2,15)10-7-6-9-4-3-5-12(14)11(9)8-10/h3-5,8H,6-7,15H2,1-2H3. The maximum absolute atomic E-state index is 13.5. The van der Waals surface area contributed by atoms with Crippen LogP contribution in [0.1, 0.15) is 31.4 Å². The highest BCUT2D eigenvalue weighted by molar-refractivity contribution is 5.62. The van der Waals surface area contributed by atoms with E-state index in [0.29, 0.717) is 0 Å². The molecule has 15 heavy (non-hydrogen) atoms. The van der Waals surface area contributed by atoms with Gasteiger partial charge in [0, 0.05) is 11.1 Å². The maximum atomic E-state index is 13.5. The van der Waals surface area contributed by atoms with Crippen LogP contribution in [0.15, 0.2) is 23.8 Å². The molecule has 0 fully saturated rings. The van der Waals surface area contributed by atoms with Crippen molar-refractivity contribution in [1.29, 1.82) is 0 Å². The summed E-state index contributed by atoms with van der Waals surface area (Å²) in [4.78, 5) is 0. The van der Waals surface area contributed by atoms with E-state index in [1.54, 1.807) is 6.07 Å². The van der Waals surface area contributed by atoms with Crippen LogP contribution < -0.4 is 5.73 Å². The predicted octanol–water partition coefficient (Wildman–Crippen LogP) is 2.89. The molecule has 2 N–H and O–H groups in total. The molecule has 0 radical (unpaired) electrons. The molecule has 0 heterocycles. The van der Waals surface area contributed by atoms with Gasteiger partial charge in [-0.15, -0.1) is 0 Å². The van der Waals surface area contributed by atoms with Gasteiger partial charge >= 0.3 is 0 Å². The van der Waals surface area contributed by atoms with Crippen molar-refractivity contribution in [3.8, 4) is 0 Å². The van der Waals surface area contributed by atoms with E-state index >= 15 is 0 Å². The van der Waals surface area contributed by atoms with Crippen molar-refractivity contribution < 1.29 is 4.39 Å². The molecule has 1 aliphatic rings. The number of rotatable bonds is 1. The van der Waals surface area contributed by atoms with Gasteiger partial charge < -0.3 is 5.73 Å². The third-order valence-electron chi connectivity index (χ3n) is 2.95. The fourth-order valence-electron chi connectivity index (χ4n) is 1.99. The Morgan fingerprint density at radius 1 is 1.27 bits per heavy atom. The van der Waals surface area contributed by atoms with Crippen molar-refractivity contribution in [3.63, 3.8) is 0 Å². The van der Waals surface area contributed by atoms with Crippen LogP contribution in [0.5, 0.6) is 0 Å². The van der Waals surface area contributed by atoms with E-state index in [0.717, 1.165) is 29.5 Å². The van der Waals surface area contributed by atoms with Crippen molar-refractivity contribution in [3.05, 3.63) is 40.7 Å². The minimum Gasteiger partial charge on any atom is -0.322 e. The first kappa shape index (κ1) is 10.4.